The molecule has 3 nitrogen and oxygen atoms in total. The molecule has 1 aliphatic rings. The number of fused-ring (bicyclic) bond motifs is 12. The molecule has 0 saturated heterocycles. The second-order valence-electron chi connectivity index (χ2n) is 15.3. The van der Waals surface area contributed by atoms with Gasteiger partial charge in [0.15, 0.2) is 5.58 Å². The Balaban J connectivity index is 1.17. The Labute approximate surface area is 311 Å². The maximum Gasteiger partial charge on any atom is 0.159 e. The number of benzene rings is 8. The van der Waals surface area contributed by atoms with Crippen molar-refractivity contribution in [1.29, 1.82) is 0 Å². The standard InChI is InChI=1S/C51H34N2O/c1-51(2)42-20-10-6-16-34(42)38-29-40-36-18-8-12-22-45(36)53(47(40)30-43(38)51)48-28-32(27-41-37-19-9-13-23-49(37)54-50(41)48)31-24-25-46-39(26-31)35-17-7-11-21-44(35)52(46)33-14-4-3-5-15-33/h3-30H,1-2H3. The third-order valence-corrected chi connectivity index (χ3v) is 12.1. The molecule has 54 heavy (non-hydrogen) atoms. The van der Waals surface area contributed by atoms with Crippen molar-refractivity contribution in [3.05, 3.63) is 181 Å². The van der Waals surface area contributed by atoms with E-state index in [1.165, 1.54) is 71.4 Å². The van der Waals surface area contributed by atoms with E-state index in [0.29, 0.717) is 0 Å². The first-order valence-electron chi connectivity index (χ1n) is 18.8. The van der Waals surface area contributed by atoms with E-state index in [4.69, 9.17) is 4.42 Å². The van der Waals surface area contributed by atoms with E-state index in [-0.39, 0.29) is 5.41 Å². The summed E-state index contributed by atoms with van der Waals surface area (Å²) in [6.45, 7) is 4.72. The van der Waals surface area contributed by atoms with Gasteiger partial charge in [-0.05, 0) is 100 Å². The van der Waals surface area contributed by atoms with Gasteiger partial charge in [-0.2, -0.15) is 0 Å². The van der Waals surface area contributed by atoms with Gasteiger partial charge < -0.3 is 13.6 Å². The average molecular weight is 691 g/mol. The number of hydrogen-bond acceptors (Lipinski definition) is 1. The molecule has 0 fully saturated rings. The normalized spacial score (nSPS) is 13.5. The SMILES string of the molecule is CC1(C)c2ccccc2-c2cc3c4ccccc4n(-c4cc(-c5ccc6c(c5)c5ccccc5n6-c5ccccc5)cc5c4oc4ccccc45)c3cc21. The summed E-state index contributed by atoms with van der Waals surface area (Å²) >= 11 is 0. The largest absolute Gasteiger partial charge is 0.454 e. The second kappa shape index (κ2) is 10.6. The summed E-state index contributed by atoms with van der Waals surface area (Å²) in [4.78, 5) is 0. The highest BCUT2D eigenvalue weighted by molar-refractivity contribution is 6.16. The van der Waals surface area contributed by atoms with Gasteiger partial charge in [0.1, 0.15) is 5.58 Å². The highest BCUT2D eigenvalue weighted by atomic mass is 16.3. The molecule has 0 aliphatic heterocycles. The molecular formula is C51H34N2O. The fourth-order valence-corrected chi connectivity index (χ4v) is 9.57. The summed E-state index contributed by atoms with van der Waals surface area (Å²) in [6, 6.07) is 62.1. The van der Waals surface area contributed by atoms with Crippen molar-refractivity contribution >= 4 is 65.6 Å². The minimum absolute atomic E-state index is 0.119. The number of rotatable bonds is 3. The number of para-hydroxylation sites is 4. The van der Waals surface area contributed by atoms with Gasteiger partial charge in [-0.3, -0.25) is 0 Å². The molecule has 0 amide bonds. The first-order valence-corrected chi connectivity index (χ1v) is 18.8. The van der Waals surface area contributed by atoms with Crippen LogP contribution in [0.25, 0.3) is 99.2 Å². The van der Waals surface area contributed by atoms with E-state index in [9.17, 15) is 0 Å². The molecule has 0 radical (unpaired) electrons. The molecule has 0 bridgehead atoms. The van der Waals surface area contributed by atoms with Crippen molar-refractivity contribution in [2.45, 2.75) is 19.3 Å². The molecule has 0 saturated carbocycles. The lowest BCUT2D eigenvalue weighted by molar-refractivity contribution is 0.660. The lowest BCUT2D eigenvalue weighted by atomic mass is 9.82. The van der Waals surface area contributed by atoms with Crippen LogP contribution >= 0.6 is 0 Å². The van der Waals surface area contributed by atoms with Gasteiger partial charge in [0.2, 0.25) is 0 Å². The van der Waals surface area contributed by atoms with Crippen molar-refractivity contribution in [2.75, 3.05) is 0 Å². The van der Waals surface area contributed by atoms with Crippen LogP contribution in [0.5, 0.6) is 0 Å². The van der Waals surface area contributed by atoms with E-state index < -0.39 is 0 Å². The minimum Gasteiger partial charge on any atom is -0.454 e. The van der Waals surface area contributed by atoms with Crippen LogP contribution in [0.3, 0.4) is 0 Å². The molecule has 1 aliphatic carbocycles. The average Bonchev–Trinajstić information content (AvgIpc) is 3.92. The third kappa shape index (κ3) is 3.91. The van der Waals surface area contributed by atoms with Gasteiger partial charge in [0.05, 0.1) is 27.8 Å². The zero-order chi connectivity index (χ0) is 35.7. The van der Waals surface area contributed by atoms with Gasteiger partial charge in [-0.15, -0.1) is 0 Å². The first kappa shape index (κ1) is 29.7. The first-order chi connectivity index (χ1) is 26.5. The van der Waals surface area contributed by atoms with Gasteiger partial charge in [-0.1, -0.05) is 117 Å². The molecule has 11 aromatic rings. The third-order valence-electron chi connectivity index (χ3n) is 12.1. The second-order valence-corrected chi connectivity index (χ2v) is 15.3. The van der Waals surface area contributed by atoms with Crippen LogP contribution in [-0.2, 0) is 5.41 Å². The Hall–Kier alpha value is -6.84. The highest BCUT2D eigenvalue weighted by Gasteiger charge is 2.36. The van der Waals surface area contributed by atoms with Crippen LogP contribution in [0, 0.1) is 0 Å². The fourth-order valence-electron chi connectivity index (χ4n) is 9.57. The van der Waals surface area contributed by atoms with Gasteiger partial charge >= 0.3 is 0 Å². The zero-order valence-electron chi connectivity index (χ0n) is 30.0. The molecule has 3 heteroatoms. The number of furan rings is 1. The van der Waals surface area contributed by atoms with Crippen molar-refractivity contribution in [3.8, 4) is 33.6 Å². The lowest BCUT2D eigenvalue weighted by Gasteiger charge is -2.21. The summed E-state index contributed by atoms with van der Waals surface area (Å²) in [5.74, 6) is 0. The van der Waals surface area contributed by atoms with Gasteiger partial charge in [-0.25, -0.2) is 0 Å². The molecule has 0 unspecified atom stereocenters. The van der Waals surface area contributed by atoms with E-state index in [0.717, 1.165) is 38.9 Å². The van der Waals surface area contributed by atoms with Gasteiger partial charge in [0, 0.05) is 43.4 Å². The molecule has 0 spiro atoms. The number of nitrogens with zero attached hydrogens (tertiary/aromatic N) is 2. The van der Waals surface area contributed by atoms with Crippen LogP contribution in [0.15, 0.2) is 174 Å². The number of hydrogen-bond donors (Lipinski definition) is 0. The monoisotopic (exact) mass is 690 g/mol. The number of aromatic nitrogens is 2. The van der Waals surface area contributed by atoms with Crippen LogP contribution in [0.4, 0.5) is 0 Å². The molecule has 3 heterocycles. The van der Waals surface area contributed by atoms with E-state index in [1.54, 1.807) is 0 Å². The van der Waals surface area contributed by atoms with Crippen LogP contribution in [0.1, 0.15) is 25.0 Å². The minimum atomic E-state index is -0.119. The Bertz CT molecular complexity index is 3350. The summed E-state index contributed by atoms with van der Waals surface area (Å²) in [7, 11) is 0. The Morgan fingerprint density at radius 1 is 0.407 bits per heavy atom. The van der Waals surface area contributed by atoms with E-state index in [2.05, 4.69) is 193 Å². The predicted octanol–water partition coefficient (Wildman–Crippen LogP) is 13.8. The van der Waals surface area contributed by atoms with E-state index >= 15 is 0 Å². The smallest absolute Gasteiger partial charge is 0.159 e. The van der Waals surface area contributed by atoms with Crippen molar-refractivity contribution in [1.82, 2.24) is 9.13 Å². The molecule has 8 aromatic carbocycles. The molecule has 0 atom stereocenters. The van der Waals surface area contributed by atoms with Crippen LogP contribution < -0.4 is 0 Å². The highest BCUT2D eigenvalue weighted by Crippen LogP contribution is 2.51. The Morgan fingerprint density at radius 2 is 1.04 bits per heavy atom. The van der Waals surface area contributed by atoms with Crippen LogP contribution in [0.2, 0.25) is 0 Å². The molecule has 0 N–H and O–H groups in total. The van der Waals surface area contributed by atoms with E-state index in [1.807, 2.05) is 0 Å². The summed E-state index contributed by atoms with van der Waals surface area (Å²) in [5, 5.41) is 7.21. The van der Waals surface area contributed by atoms with Crippen LogP contribution in [-0.4, -0.2) is 9.13 Å². The zero-order valence-corrected chi connectivity index (χ0v) is 30.0. The lowest BCUT2D eigenvalue weighted by Crippen LogP contribution is -2.15. The summed E-state index contributed by atoms with van der Waals surface area (Å²) in [6.07, 6.45) is 0. The topological polar surface area (TPSA) is 23.0 Å². The molecular weight excluding hydrogens is 657 g/mol. The van der Waals surface area contributed by atoms with Crippen molar-refractivity contribution in [3.63, 3.8) is 0 Å². The van der Waals surface area contributed by atoms with Gasteiger partial charge in [0.25, 0.3) is 0 Å². The van der Waals surface area contributed by atoms with Crippen molar-refractivity contribution < 1.29 is 4.42 Å². The molecule has 3 aromatic heterocycles. The Morgan fingerprint density at radius 3 is 1.85 bits per heavy atom. The van der Waals surface area contributed by atoms with Crippen molar-refractivity contribution in [2.24, 2.45) is 0 Å². The Kier molecular flexibility index (Phi) is 5.84. The summed E-state index contributed by atoms with van der Waals surface area (Å²) < 4.78 is 11.7. The fraction of sp³-hybridized carbons (Fsp3) is 0.0588. The maximum absolute atomic E-state index is 6.84. The maximum atomic E-state index is 6.84. The summed E-state index contributed by atoms with van der Waals surface area (Å²) in [5.41, 5.74) is 16.4. The quantitative estimate of drug-likeness (QED) is 0.181. The molecule has 12 rings (SSSR count). The predicted molar refractivity (Wildman–Crippen MR) is 225 cm³/mol. The molecule has 254 valence electrons.